The van der Waals surface area contributed by atoms with Crippen LogP contribution in [-0.4, -0.2) is 8.42 Å². The highest BCUT2D eigenvalue weighted by Crippen LogP contribution is 2.42. The van der Waals surface area contributed by atoms with Gasteiger partial charge in [0.15, 0.2) is 0 Å². The Bertz CT molecular complexity index is 607. The lowest BCUT2D eigenvalue weighted by Crippen LogP contribution is -2.21. The molecule has 0 heterocycles. The molecule has 1 aromatic rings. The van der Waals surface area contributed by atoms with Crippen LogP contribution < -0.4 is 5.14 Å². The summed E-state index contributed by atoms with van der Waals surface area (Å²) in [4.78, 5) is -1.64. The SMILES string of the molecule is NS(=O)(=O)c1cc(C(F)(F)F)cc(Br)c1C(F)(F)F. The van der Waals surface area contributed by atoms with Crippen LogP contribution in [0.15, 0.2) is 21.5 Å². The van der Waals surface area contributed by atoms with Crippen LogP contribution in [0.25, 0.3) is 0 Å². The third-order valence-corrected chi connectivity index (χ3v) is 3.53. The van der Waals surface area contributed by atoms with Crippen LogP contribution in [0.4, 0.5) is 26.3 Å². The molecule has 19 heavy (non-hydrogen) atoms. The molecule has 108 valence electrons. The fourth-order valence-corrected chi connectivity index (χ4v) is 2.86. The Morgan fingerprint density at radius 1 is 1.00 bits per heavy atom. The standard InChI is InChI=1S/C8H4BrF6NO2S/c9-4-1-3(7(10,11)12)2-5(19(16,17)18)6(4)8(13,14)15/h1-2H,(H2,16,17,18). The van der Waals surface area contributed by atoms with E-state index in [1.54, 1.807) is 0 Å². The average Bonchev–Trinajstić information content (AvgIpc) is 2.11. The first-order valence-electron chi connectivity index (χ1n) is 4.25. The highest BCUT2D eigenvalue weighted by atomic mass is 79.9. The number of primary sulfonamides is 1. The zero-order valence-corrected chi connectivity index (χ0v) is 11.0. The van der Waals surface area contributed by atoms with Gasteiger partial charge < -0.3 is 0 Å². The lowest BCUT2D eigenvalue weighted by atomic mass is 10.1. The Morgan fingerprint density at radius 3 is 1.79 bits per heavy atom. The van der Waals surface area contributed by atoms with Gasteiger partial charge in [0.2, 0.25) is 10.0 Å². The molecule has 0 atom stereocenters. The number of sulfonamides is 1. The number of benzene rings is 1. The highest BCUT2D eigenvalue weighted by Gasteiger charge is 2.41. The second kappa shape index (κ2) is 4.63. The first kappa shape index (κ1) is 16.2. The lowest BCUT2D eigenvalue weighted by Gasteiger charge is -2.16. The van der Waals surface area contributed by atoms with Crippen LogP contribution in [0.2, 0.25) is 0 Å². The van der Waals surface area contributed by atoms with E-state index < -0.39 is 42.9 Å². The van der Waals surface area contributed by atoms with E-state index in [4.69, 9.17) is 0 Å². The molecule has 0 aromatic heterocycles. The van der Waals surface area contributed by atoms with Gasteiger partial charge in [0.1, 0.15) is 0 Å². The van der Waals surface area contributed by atoms with Crippen molar-refractivity contribution in [1.29, 1.82) is 0 Å². The van der Waals surface area contributed by atoms with Crippen LogP contribution in [0.5, 0.6) is 0 Å². The van der Waals surface area contributed by atoms with Gasteiger partial charge in [-0.05, 0) is 12.1 Å². The van der Waals surface area contributed by atoms with Crippen molar-refractivity contribution in [2.45, 2.75) is 17.2 Å². The van der Waals surface area contributed by atoms with Crippen molar-refractivity contribution < 1.29 is 34.8 Å². The molecule has 0 saturated heterocycles. The summed E-state index contributed by atoms with van der Waals surface area (Å²) < 4.78 is 96.2. The Morgan fingerprint density at radius 2 is 1.47 bits per heavy atom. The van der Waals surface area contributed by atoms with Gasteiger partial charge in [-0.2, -0.15) is 26.3 Å². The van der Waals surface area contributed by atoms with Gasteiger partial charge in [-0.1, -0.05) is 15.9 Å². The molecule has 0 radical (unpaired) electrons. The maximum absolute atomic E-state index is 12.6. The maximum Gasteiger partial charge on any atom is 0.418 e. The normalized spacial score (nSPS) is 13.7. The van der Waals surface area contributed by atoms with Crippen molar-refractivity contribution in [2.24, 2.45) is 5.14 Å². The quantitative estimate of drug-likeness (QED) is 0.771. The van der Waals surface area contributed by atoms with E-state index in [2.05, 4.69) is 21.1 Å². The van der Waals surface area contributed by atoms with Crippen molar-refractivity contribution in [3.63, 3.8) is 0 Å². The minimum absolute atomic E-state index is 0.136. The summed E-state index contributed by atoms with van der Waals surface area (Å²) in [7, 11) is -4.97. The van der Waals surface area contributed by atoms with E-state index in [0.717, 1.165) is 0 Å². The van der Waals surface area contributed by atoms with Gasteiger partial charge in [-0.25, -0.2) is 13.6 Å². The average molecular weight is 372 g/mol. The van der Waals surface area contributed by atoms with E-state index in [9.17, 15) is 34.8 Å². The Kier molecular flexibility index (Phi) is 3.96. The second-order valence-corrected chi connectivity index (χ2v) is 5.76. The number of nitrogens with two attached hydrogens (primary N) is 1. The Hall–Kier alpha value is -0.810. The molecule has 0 fully saturated rings. The van der Waals surface area contributed by atoms with E-state index >= 15 is 0 Å². The van der Waals surface area contributed by atoms with E-state index in [1.807, 2.05) is 0 Å². The van der Waals surface area contributed by atoms with Crippen LogP contribution >= 0.6 is 15.9 Å². The van der Waals surface area contributed by atoms with E-state index in [0.29, 0.717) is 0 Å². The smallest absolute Gasteiger partial charge is 0.225 e. The van der Waals surface area contributed by atoms with Crippen molar-refractivity contribution in [3.05, 3.63) is 27.7 Å². The molecule has 11 heteroatoms. The van der Waals surface area contributed by atoms with Crippen molar-refractivity contribution >= 4 is 26.0 Å². The van der Waals surface area contributed by atoms with Crippen LogP contribution in [0.1, 0.15) is 11.1 Å². The minimum Gasteiger partial charge on any atom is -0.225 e. The molecule has 0 unspecified atom stereocenters. The van der Waals surface area contributed by atoms with Crippen LogP contribution in [0.3, 0.4) is 0 Å². The zero-order valence-electron chi connectivity index (χ0n) is 8.60. The highest BCUT2D eigenvalue weighted by molar-refractivity contribution is 9.10. The van der Waals surface area contributed by atoms with Crippen LogP contribution in [0, 0.1) is 0 Å². The first-order valence-corrected chi connectivity index (χ1v) is 6.59. The molecule has 0 aliphatic carbocycles. The topological polar surface area (TPSA) is 60.2 Å². The molecular formula is C8H4BrF6NO2S. The summed E-state index contributed by atoms with van der Waals surface area (Å²) in [6.07, 6.45) is -10.2. The summed E-state index contributed by atoms with van der Waals surface area (Å²) in [5.74, 6) is 0. The van der Waals surface area contributed by atoms with E-state index in [1.165, 1.54) is 0 Å². The fraction of sp³-hybridized carbons (Fsp3) is 0.250. The molecule has 2 N–H and O–H groups in total. The predicted octanol–water partition coefficient (Wildman–Crippen LogP) is 3.13. The van der Waals surface area contributed by atoms with Gasteiger partial charge in [-0.3, -0.25) is 0 Å². The number of rotatable bonds is 1. The van der Waals surface area contributed by atoms with Gasteiger partial charge in [0, 0.05) is 4.47 Å². The minimum atomic E-state index is -5.18. The molecule has 0 aliphatic heterocycles. The third kappa shape index (κ3) is 3.60. The molecule has 0 amide bonds. The lowest BCUT2D eigenvalue weighted by molar-refractivity contribution is -0.143. The Labute approximate surface area is 111 Å². The van der Waals surface area contributed by atoms with Gasteiger partial charge in [0.05, 0.1) is 16.0 Å². The Balaban J connectivity index is 3.79. The molecule has 0 saturated carbocycles. The number of alkyl halides is 6. The molecule has 0 bridgehead atoms. The van der Waals surface area contributed by atoms with Gasteiger partial charge in [-0.15, -0.1) is 0 Å². The van der Waals surface area contributed by atoms with Gasteiger partial charge in [0.25, 0.3) is 0 Å². The maximum atomic E-state index is 12.6. The molecular weight excluding hydrogens is 368 g/mol. The second-order valence-electron chi connectivity index (χ2n) is 3.37. The van der Waals surface area contributed by atoms with Crippen molar-refractivity contribution in [1.82, 2.24) is 0 Å². The molecule has 0 spiro atoms. The molecule has 3 nitrogen and oxygen atoms in total. The van der Waals surface area contributed by atoms with Gasteiger partial charge >= 0.3 is 12.4 Å². The number of hydrogen-bond acceptors (Lipinski definition) is 2. The molecule has 1 rings (SSSR count). The molecule has 0 aliphatic rings. The summed E-state index contributed by atoms with van der Waals surface area (Å²) in [5, 5.41) is 4.52. The third-order valence-electron chi connectivity index (χ3n) is 1.97. The summed E-state index contributed by atoms with van der Waals surface area (Å²) in [6.45, 7) is 0. The summed E-state index contributed by atoms with van der Waals surface area (Å²) in [5.41, 5.74) is -3.33. The van der Waals surface area contributed by atoms with E-state index in [-0.39, 0.29) is 12.1 Å². The fourth-order valence-electron chi connectivity index (χ4n) is 1.24. The summed E-state index contributed by atoms with van der Waals surface area (Å²) >= 11 is 2.28. The number of halogens is 7. The monoisotopic (exact) mass is 371 g/mol. The first-order chi connectivity index (χ1) is 8.24. The zero-order chi connectivity index (χ0) is 15.2. The largest absolute Gasteiger partial charge is 0.418 e. The molecule has 1 aromatic carbocycles. The van der Waals surface area contributed by atoms with Crippen molar-refractivity contribution in [3.8, 4) is 0 Å². The number of hydrogen-bond donors (Lipinski definition) is 1. The van der Waals surface area contributed by atoms with Crippen molar-refractivity contribution in [2.75, 3.05) is 0 Å². The predicted molar refractivity (Wildman–Crippen MR) is 55.5 cm³/mol. The summed E-state index contributed by atoms with van der Waals surface area (Å²) in [6, 6.07) is -0.0135. The van der Waals surface area contributed by atoms with Crippen LogP contribution in [-0.2, 0) is 22.4 Å².